The molecule has 2 N–H and O–H groups in total. The first kappa shape index (κ1) is 21.7. The van der Waals surface area contributed by atoms with E-state index in [0.29, 0.717) is 34.3 Å². The molecule has 0 saturated carbocycles. The lowest BCUT2D eigenvalue weighted by atomic mass is 9.93. The number of piperazine rings is 1. The maximum atomic E-state index is 12.7. The number of rotatable bonds is 5. The molecule has 0 spiro atoms. The van der Waals surface area contributed by atoms with Crippen LogP contribution in [0.15, 0.2) is 65.2 Å². The Morgan fingerprint density at radius 1 is 0.912 bits per heavy atom. The van der Waals surface area contributed by atoms with Crippen molar-refractivity contribution >= 4 is 35.0 Å². The fourth-order valence-electron chi connectivity index (χ4n) is 4.18. The zero-order valence-corrected chi connectivity index (χ0v) is 18.7. The van der Waals surface area contributed by atoms with Crippen molar-refractivity contribution in [1.82, 2.24) is 10.2 Å². The first-order chi connectivity index (χ1) is 16.5. The number of nitrogens with zero attached hydrogens (tertiary/aromatic N) is 2. The summed E-state index contributed by atoms with van der Waals surface area (Å²) in [6.45, 7) is 4.06. The Hall–Kier alpha value is -4.17. The van der Waals surface area contributed by atoms with Crippen LogP contribution in [-0.2, 0) is 4.79 Å². The minimum Gasteiger partial charge on any atom is -0.453 e. The number of furan rings is 1. The van der Waals surface area contributed by atoms with Crippen LogP contribution in [0.3, 0.4) is 0 Å². The van der Waals surface area contributed by atoms with E-state index in [1.54, 1.807) is 36.5 Å². The van der Waals surface area contributed by atoms with Gasteiger partial charge >= 0.3 is 0 Å². The van der Waals surface area contributed by atoms with Crippen LogP contribution in [0.2, 0.25) is 0 Å². The summed E-state index contributed by atoms with van der Waals surface area (Å²) in [5.74, 6) is -0.244. The molecule has 2 aromatic carbocycles. The van der Waals surface area contributed by atoms with Crippen LogP contribution in [-0.4, -0.2) is 56.2 Å². The lowest BCUT2D eigenvalue weighted by molar-refractivity contribution is -0.114. The van der Waals surface area contributed by atoms with Gasteiger partial charge in [0.05, 0.1) is 5.57 Å². The Morgan fingerprint density at radius 2 is 1.68 bits per heavy atom. The molecule has 5 rings (SSSR count). The molecule has 0 aliphatic carbocycles. The second kappa shape index (κ2) is 8.99. The monoisotopic (exact) mass is 456 g/mol. The molecule has 0 bridgehead atoms. The fraction of sp³-hybridized carbons (Fsp3) is 0.192. The molecule has 2 aliphatic rings. The zero-order chi connectivity index (χ0) is 23.7. The molecule has 172 valence electrons. The normalized spacial score (nSPS) is 17.4. The predicted octanol–water partition coefficient (Wildman–Crippen LogP) is 3.23. The topological polar surface area (TPSA) is 94.9 Å². The number of hydrogen-bond acceptors (Lipinski definition) is 7. The molecule has 0 atom stereocenters. The number of aldehydes is 1. The molecule has 34 heavy (non-hydrogen) atoms. The molecule has 0 unspecified atom stereocenters. The maximum Gasteiger partial charge on any atom is 0.260 e. The fourth-order valence-corrected chi connectivity index (χ4v) is 4.18. The molecule has 1 aromatic heterocycles. The number of carbonyl (C=O) groups excluding carboxylic acids is 3. The summed E-state index contributed by atoms with van der Waals surface area (Å²) in [6.07, 6.45) is 2.23. The lowest BCUT2D eigenvalue weighted by Gasteiger charge is -2.34. The molecule has 3 heterocycles. The van der Waals surface area contributed by atoms with Gasteiger partial charge in [0.2, 0.25) is 0 Å². The second-order valence-corrected chi connectivity index (χ2v) is 8.40. The summed E-state index contributed by atoms with van der Waals surface area (Å²) in [6, 6.07) is 16.4. The van der Waals surface area contributed by atoms with Gasteiger partial charge < -0.3 is 19.5 Å². The van der Waals surface area contributed by atoms with Crippen molar-refractivity contribution < 1.29 is 18.8 Å². The van der Waals surface area contributed by atoms with Gasteiger partial charge in [-0.15, -0.1) is 0 Å². The highest BCUT2D eigenvalue weighted by atomic mass is 16.3. The SMILES string of the molecule is CN1CCN(c2ccc(NC=C3C(=O)NC(=O)c4ccc(-c5ccc(C=O)o5)cc43)cc2)CC1. The lowest BCUT2D eigenvalue weighted by Crippen LogP contribution is -2.44. The van der Waals surface area contributed by atoms with Gasteiger partial charge in [0, 0.05) is 60.4 Å². The number of anilines is 2. The Morgan fingerprint density at radius 3 is 2.38 bits per heavy atom. The zero-order valence-electron chi connectivity index (χ0n) is 18.7. The highest BCUT2D eigenvalue weighted by Gasteiger charge is 2.28. The van der Waals surface area contributed by atoms with E-state index in [1.165, 1.54) is 0 Å². The van der Waals surface area contributed by atoms with Crippen LogP contribution >= 0.6 is 0 Å². The number of nitrogens with one attached hydrogen (secondary N) is 2. The molecule has 1 fully saturated rings. The number of benzene rings is 2. The van der Waals surface area contributed by atoms with Gasteiger partial charge in [0.15, 0.2) is 12.0 Å². The van der Waals surface area contributed by atoms with Crippen LogP contribution in [0.4, 0.5) is 11.4 Å². The number of hydrogen-bond donors (Lipinski definition) is 2. The highest BCUT2D eigenvalue weighted by Crippen LogP contribution is 2.31. The molecule has 0 radical (unpaired) electrons. The van der Waals surface area contributed by atoms with Gasteiger partial charge in [-0.3, -0.25) is 19.7 Å². The van der Waals surface area contributed by atoms with Crippen molar-refractivity contribution in [3.63, 3.8) is 0 Å². The number of carbonyl (C=O) groups is 3. The van der Waals surface area contributed by atoms with Crippen LogP contribution in [0.25, 0.3) is 16.9 Å². The Kier molecular flexibility index (Phi) is 5.73. The van der Waals surface area contributed by atoms with Gasteiger partial charge in [-0.2, -0.15) is 0 Å². The third-order valence-corrected chi connectivity index (χ3v) is 6.17. The molecule has 8 nitrogen and oxygen atoms in total. The first-order valence-electron chi connectivity index (χ1n) is 11.1. The number of imide groups is 1. The summed E-state index contributed by atoms with van der Waals surface area (Å²) < 4.78 is 5.50. The van der Waals surface area contributed by atoms with Gasteiger partial charge in [-0.05, 0) is 55.6 Å². The predicted molar refractivity (Wildman–Crippen MR) is 130 cm³/mol. The van der Waals surface area contributed by atoms with Gasteiger partial charge in [0.25, 0.3) is 11.8 Å². The van der Waals surface area contributed by atoms with Crippen molar-refractivity contribution in [1.29, 1.82) is 0 Å². The molecule has 2 amide bonds. The number of amides is 2. The number of fused-ring (bicyclic) bond motifs is 1. The van der Waals surface area contributed by atoms with Crippen LogP contribution < -0.4 is 15.5 Å². The van der Waals surface area contributed by atoms with E-state index in [9.17, 15) is 14.4 Å². The molecule has 8 heteroatoms. The van der Waals surface area contributed by atoms with Crippen molar-refractivity contribution in [2.45, 2.75) is 0 Å². The summed E-state index contributed by atoms with van der Waals surface area (Å²) in [7, 11) is 2.13. The van der Waals surface area contributed by atoms with Gasteiger partial charge in [-0.1, -0.05) is 6.07 Å². The minimum atomic E-state index is -0.482. The largest absolute Gasteiger partial charge is 0.453 e. The first-order valence-corrected chi connectivity index (χ1v) is 11.1. The standard InChI is InChI=1S/C26H24N4O4/c1-29-10-12-30(13-11-29)19-5-3-18(4-6-19)27-15-23-22-14-17(24-9-7-20(16-31)34-24)2-8-21(22)25(32)28-26(23)33/h2-9,14-16,27H,10-13H2,1H3,(H,28,32,33). The van der Waals surface area contributed by atoms with E-state index in [2.05, 4.69) is 39.6 Å². The average Bonchev–Trinajstić information content (AvgIpc) is 3.34. The second-order valence-electron chi connectivity index (χ2n) is 8.40. The Balaban J connectivity index is 1.40. The molecule has 3 aromatic rings. The van der Waals surface area contributed by atoms with Crippen LogP contribution in [0, 0.1) is 0 Å². The minimum absolute atomic E-state index is 0.207. The molecular weight excluding hydrogens is 432 g/mol. The van der Waals surface area contributed by atoms with E-state index >= 15 is 0 Å². The molecular formula is C26H24N4O4. The van der Waals surface area contributed by atoms with E-state index < -0.39 is 11.8 Å². The Labute approximate surface area is 196 Å². The van der Waals surface area contributed by atoms with Crippen molar-refractivity contribution in [2.24, 2.45) is 0 Å². The van der Waals surface area contributed by atoms with Crippen LogP contribution in [0.1, 0.15) is 26.5 Å². The van der Waals surface area contributed by atoms with E-state index in [1.807, 2.05) is 12.1 Å². The van der Waals surface area contributed by atoms with E-state index in [0.717, 1.165) is 37.6 Å². The average molecular weight is 457 g/mol. The van der Waals surface area contributed by atoms with Crippen molar-refractivity contribution in [3.05, 3.63) is 77.7 Å². The summed E-state index contributed by atoms with van der Waals surface area (Å²) in [4.78, 5) is 40.6. The Bertz CT molecular complexity index is 1280. The van der Waals surface area contributed by atoms with Gasteiger partial charge in [0.1, 0.15) is 5.76 Å². The van der Waals surface area contributed by atoms with E-state index in [4.69, 9.17) is 4.42 Å². The smallest absolute Gasteiger partial charge is 0.260 e. The number of likely N-dealkylation sites (N-methyl/N-ethyl adjacent to an activating group) is 1. The summed E-state index contributed by atoms with van der Waals surface area (Å²) in [5, 5.41) is 5.56. The van der Waals surface area contributed by atoms with Crippen molar-refractivity contribution in [3.8, 4) is 11.3 Å². The van der Waals surface area contributed by atoms with Crippen LogP contribution in [0.5, 0.6) is 0 Å². The summed E-state index contributed by atoms with van der Waals surface area (Å²) in [5.41, 5.74) is 3.88. The molecule has 1 saturated heterocycles. The molecule has 2 aliphatic heterocycles. The van der Waals surface area contributed by atoms with Crippen molar-refractivity contribution in [2.75, 3.05) is 43.4 Å². The maximum absolute atomic E-state index is 12.7. The third kappa shape index (κ3) is 4.23. The highest BCUT2D eigenvalue weighted by molar-refractivity contribution is 6.31. The quantitative estimate of drug-likeness (QED) is 0.346. The third-order valence-electron chi connectivity index (χ3n) is 6.17. The summed E-state index contributed by atoms with van der Waals surface area (Å²) >= 11 is 0. The van der Waals surface area contributed by atoms with Gasteiger partial charge in [-0.25, -0.2) is 0 Å². The van der Waals surface area contributed by atoms with E-state index in [-0.39, 0.29) is 5.76 Å².